The zero-order valence-electron chi connectivity index (χ0n) is 9.15. The number of nitrogens with zero attached hydrogens (tertiary/aromatic N) is 1. The van der Waals surface area contributed by atoms with Gasteiger partial charge in [0.05, 0.1) is 16.7 Å². The summed E-state index contributed by atoms with van der Waals surface area (Å²) in [7, 11) is 0. The summed E-state index contributed by atoms with van der Waals surface area (Å²) >= 11 is 9.35. The van der Waals surface area contributed by atoms with Gasteiger partial charge < -0.3 is 10.5 Å². The van der Waals surface area contributed by atoms with Gasteiger partial charge in [0.1, 0.15) is 11.5 Å². The van der Waals surface area contributed by atoms with Crippen LogP contribution in [0.2, 0.25) is 5.02 Å². The van der Waals surface area contributed by atoms with Gasteiger partial charge in [-0.25, -0.2) is 0 Å². The van der Waals surface area contributed by atoms with Crippen LogP contribution in [0.5, 0.6) is 11.5 Å². The van der Waals surface area contributed by atoms with Crippen molar-refractivity contribution in [2.75, 3.05) is 5.73 Å². The Bertz CT molecular complexity index is 617. The summed E-state index contributed by atoms with van der Waals surface area (Å²) in [5.74, 6) is 1.06. The zero-order chi connectivity index (χ0) is 13.1. The Morgan fingerprint density at radius 1 is 1.22 bits per heavy atom. The SMILES string of the molecule is N#Cc1ccc(Oc2cc(N)cc(Br)c2)c(Cl)c1. The molecule has 0 bridgehead atoms. The van der Waals surface area contributed by atoms with Gasteiger partial charge in [-0.15, -0.1) is 0 Å². The maximum Gasteiger partial charge on any atom is 0.146 e. The molecule has 0 atom stereocenters. The van der Waals surface area contributed by atoms with E-state index < -0.39 is 0 Å². The predicted molar refractivity (Wildman–Crippen MR) is 74.8 cm³/mol. The first kappa shape index (κ1) is 12.7. The highest BCUT2D eigenvalue weighted by Crippen LogP contribution is 2.32. The molecule has 2 aromatic carbocycles. The summed E-state index contributed by atoms with van der Waals surface area (Å²) < 4.78 is 6.44. The molecule has 0 saturated carbocycles. The highest BCUT2D eigenvalue weighted by atomic mass is 79.9. The average Bonchev–Trinajstić information content (AvgIpc) is 2.30. The van der Waals surface area contributed by atoms with Crippen LogP contribution in [-0.2, 0) is 0 Å². The summed E-state index contributed by atoms with van der Waals surface area (Å²) in [4.78, 5) is 0. The third-order valence-corrected chi connectivity index (χ3v) is 2.94. The van der Waals surface area contributed by atoms with Crippen LogP contribution in [0.25, 0.3) is 0 Å². The lowest BCUT2D eigenvalue weighted by molar-refractivity contribution is 0.483. The number of anilines is 1. The van der Waals surface area contributed by atoms with Crippen molar-refractivity contribution < 1.29 is 4.74 Å². The second-order valence-corrected chi connectivity index (χ2v) is 4.90. The van der Waals surface area contributed by atoms with Gasteiger partial charge in [-0.05, 0) is 30.3 Å². The number of ether oxygens (including phenoxy) is 1. The lowest BCUT2D eigenvalue weighted by Crippen LogP contribution is -1.89. The maximum atomic E-state index is 8.74. The fourth-order valence-corrected chi connectivity index (χ4v) is 2.13. The molecular weight excluding hydrogens is 316 g/mol. The molecule has 0 spiro atoms. The van der Waals surface area contributed by atoms with E-state index in [0.717, 1.165) is 4.47 Å². The monoisotopic (exact) mass is 322 g/mol. The molecule has 2 rings (SSSR count). The van der Waals surface area contributed by atoms with E-state index in [2.05, 4.69) is 15.9 Å². The van der Waals surface area contributed by atoms with Crippen LogP contribution >= 0.6 is 27.5 Å². The maximum absolute atomic E-state index is 8.74. The third kappa shape index (κ3) is 2.95. The Kier molecular flexibility index (Phi) is 3.75. The summed E-state index contributed by atoms with van der Waals surface area (Å²) in [5, 5.41) is 9.13. The Hall–Kier alpha value is -1.70. The number of nitrogen functional groups attached to an aromatic ring is 1. The molecule has 0 heterocycles. The Balaban J connectivity index is 2.31. The van der Waals surface area contributed by atoms with Crippen molar-refractivity contribution in [3.63, 3.8) is 0 Å². The second-order valence-electron chi connectivity index (χ2n) is 3.58. The van der Waals surface area contributed by atoms with Crippen molar-refractivity contribution in [3.8, 4) is 17.6 Å². The first-order valence-electron chi connectivity index (χ1n) is 5.02. The smallest absolute Gasteiger partial charge is 0.146 e. The van der Waals surface area contributed by atoms with E-state index in [0.29, 0.717) is 27.8 Å². The lowest BCUT2D eigenvalue weighted by Gasteiger charge is -2.08. The molecule has 2 N–H and O–H groups in total. The van der Waals surface area contributed by atoms with Gasteiger partial charge in [0.15, 0.2) is 0 Å². The molecular formula is C13H8BrClN2O. The molecule has 0 aliphatic rings. The molecule has 0 fully saturated rings. The molecule has 0 radical (unpaired) electrons. The molecule has 5 heteroatoms. The predicted octanol–water partition coefficient (Wildman–Crippen LogP) is 4.35. The van der Waals surface area contributed by atoms with Gasteiger partial charge in [0.2, 0.25) is 0 Å². The molecule has 0 aliphatic carbocycles. The molecule has 0 amide bonds. The van der Waals surface area contributed by atoms with E-state index in [1.165, 1.54) is 0 Å². The quantitative estimate of drug-likeness (QED) is 0.836. The number of nitriles is 1. The molecule has 0 unspecified atom stereocenters. The molecule has 3 nitrogen and oxygen atoms in total. The number of nitrogens with two attached hydrogens (primary N) is 1. The van der Waals surface area contributed by atoms with E-state index in [1.54, 1.807) is 36.4 Å². The summed E-state index contributed by atoms with van der Waals surface area (Å²) in [6.07, 6.45) is 0. The number of hydrogen-bond acceptors (Lipinski definition) is 3. The van der Waals surface area contributed by atoms with E-state index in [4.69, 9.17) is 27.3 Å². The molecule has 90 valence electrons. The minimum Gasteiger partial charge on any atom is -0.456 e. The summed E-state index contributed by atoms with van der Waals surface area (Å²) in [6, 6.07) is 12.1. The molecule has 0 saturated heterocycles. The van der Waals surface area contributed by atoms with Crippen molar-refractivity contribution in [2.24, 2.45) is 0 Å². The highest BCUT2D eigenvalue weighted by molar-refractivity contribution is 9.10. The third-order valence-electron chi connectivity index (χ3n) is 2.18. The normalized spacial score (nSPS) is 9.83. The lowest BCUT2D eigenvalue weighted by atomic mass is 10.2. The van der Waals surface area contributed by atoms with Gasteiger partial charge in [0, 0.05) is 16.2 Å². The largest absolute Gasteiger partial charge is 0.456 e. The topological polar surface area (TPSA) is 59.0 Å². The molecule has 0 aromatic heterocycles. The van der Waals surface area contributed by atoms with Crippen molar-refractivity contribution in [3.05, 3.63) is 51.5 Å². The Morgan fingerprint density at radius 3 is 2.61 bits per heavy atom. The standard InChI is InChI=1S/C13H8BrClN2O/c14-9-4-10(17)6-11(5-9)18-13-2-1-8(7-16)3-12(13)15/h1-6H,17H2. The van der Waals surface area contributed by atoms with E-state index in [9.17, 15) is 0 Å². The van der Waals surface area contributed by atoms with Gasteiger partial charge >= 0.3 is 0 Å². The van der Waals surface area contributed by atoms with E-state index >= 15 is 0 Å². The van der Waals surface area contributed by atoms with Crippen molar-refractivity contribution in [2.45, 2.75) is 0 Å². The summed E-state index contributed by atoms with van der Waals surface area (Å²) in [5.41, 5.74) is 6.79. The zero-order valence-corrected chi connectivity index (χ0v) is 11.5. The Morgan fingerprint density at radius 2 is 2.00 bits per heavy atom. The fraction of sp³-hybridized carbons (Fsp3) is 0. The van der Waals surface area contributed by atoms with Gasteiger partial charge in [0.25, 0.3) is 0 Å². The Labute approximate surface area is 118 Å². The summed E-state index contributed by atoms with van der Waals surface area (Å²) in [6.45, 7) is 0. The second kappa shape index (κ2) is 5.30. The van der Waals surface area contributed by atoms with Crippen molar-refractivity contribution >= 4 is 33.2 Å². The highest BCUT2D eigenvalue weighted by Gasteiger charge is 2.05. The van der Waals surface area contributed by atoms with Crippen LogP contribution in [0.3, 0.4) is 0 Å². The average molecular weight is 324 g/mol. The van der Waals surface area contributed by atoms with E-state index in [1.807, 2.05) is 6.07 Å². The van der Waals surface area contributed by atoms with Gasteiger partial charge in [-0.2, -0.15) is 5.26 Å². The number of halogens is 2. The first-order valence-corrected chi connectivity index (χ1v) is 6.19. The van der Waals surface area contributed by atoms with Crippen LogP contribution in [0.15, 0.2) is 40.9 Å². The molecule has 0 aliphatic heterocycles. The van der Waals surface area contributed by atoms with Crippen LogP contribution in [0.4, 0.5) is 5.69 Å². The molecule has 18 heavy (non-hydrogen) atoms. The van der Waals surface area contributed by atoms with Crippen molar-refractivity contribution in [1.82, 2.24) is 0 Å². The van der Waals surface area contributed by atoms with E-state index in [-0.39, 0.29) is 0 Å². The minimum atomic E-state index is 0.382. The minimum absolute atomic E-state index is 0.382. The van der Waals surface area contributed by atoms with Crippen LogP contribution < -0.4 is 10.5 Å². The first-order chi connectivity index (χ1) is 8.58. The molecule has 2 aromatic rings. The van der Waals surface area contributed by atoms with Gasteiger partial charge in [-0.1, -0.05) is 27.5 Å². The van der Waals surface area contributed by atoms with Crippen molar-refractivity contribution in [1.29, 1.82) is 5.26 Å². The number of benzene rings is 2. The van der Waals surface area contributed by atoms with Crippen LogP contribution in [0, 0.1) is 11.3 Å². The van der Waals surface area contributed by atoms with Gasteiger partial charge in [-0.3, -0.25) is 0 Å². The van der Waals surface area contributed by atoms with Crippen LogP contribution in [0.1, 0.15) is 5.56 Å². The van der Waals surface area contributed by atoms with Crippen LogP contribution in [-0.4, -0.2) is 0 Å². The number of hydrogen-bond donors (Lipinski definition) is 1. The number of rotatable bonds is 2. The fourth-order valence-electron chi connectivity index (χ4n) is 1.42.